The fraction of sp³-hybridized carbons (Fsp3) is 0.417. The first-order valence-corrected chi connectivity index (χ1v) is 5.88. The minimum Gasteiger partial charge on any atom is -0.384 e. The van der Waals surface area contributed by atoms with Crippen LogP contribution in [0.15, 0.2) is 18.3 Å². The molecule has 1 atom stereocenters. The van der Waals surface area contributed by atoms with Gasteiger partial charge in [-0.15, -0.1) is 0 Å². The Morgan fingerprint density at radius 3 is 3.00 bits per heavy atom. The number of hydrogen-bond acceptors (Lipinski definition) is 5. The summed E-state index contributed by atoms with van der Waals surface area (Å²) < 4.78 is 0. The standard InChI is InChI=1S/C12H16N4O2/c1-2-9-12(18)15-11(17)7-16(9)6-8-3-4-14-10(13)5-8/h3-5,9H,2,6-7H2,1H3,(H2,13,14)(H,15,17,18). The molecule has 18 heavy (non-hydrogen) atoms. The molecule has 2 amide bonds. The quantitative estimate of drug-likeness (QED) is 0.729. The van der Waals surface area contributed by atoms with E-state index in [1.54, 1.807) is 12.3 Å². The highest BCUT2D eigenvalue weighted by Gasteiger charge is 2.32. The van der Waals surface area contributed by atoms with Crippen molar-refractivity contribution in [1.29, 1.82) is 0 Å². The summed E-state index contributed by atoms with van der Waals surface area (Å²) in [5, 5.41) is 2.35. The van der Waals surface area contributed by atoms with Crippen LogP contribution in [-0.4, -0.2) is 34.3 Å². The van der Waals surface area contributed by atoms with Gasteiger partial charge in [0.25, 0.3) is 0 Å². The van der Waals surface area contributed by atoms with Crippen LogP contribution >= 0.6 is 0 Å². The second kappa shape index (κ2) is 5.14. The Morgan fingerprint density at radius 2 is 2.33 bits per heavy atom. The van der Waals surface area contributed by atoms with Crippen molar-refractivity contribution in [3.63, 3.8) is 0 Å². The summed E-state index contributed by atoms with van der Waals surface area (Å²) in [6, 6.07) is 3.32. The molecule has 96 valence electrons. The molecule has 0 bridgehead atoms. The summed E-state index contributed by atoms with van der Waals surface area (Å²) in [5.74, 6) is -0.0455. The number of aromatic nitrogens is 1. The first-order valence-electron chi connectivity index (χ1n) is 5.88. The molecule has 1 aromatic heterocycles. The van der Waals surface area contributed by atoms with E-state index < -0.39 is 0 Å². The predicted octanol–water partition coefficient (Wildman–Crippen LogP) is -0.0992. The lowest BCUT2D eigenvalue weighted by Gasteiger charge is -2.33. The number of carbonyl (C=O) groups excluding carboxylic acids is 2. The molecule has 1 unspecified atom stereocenters. The zero-order chi connectivity index (χ0) is 13.1. The highest BCUT2D eigenvalue weighted by Crippen LogP contribution is 2.14. The average Bonchev–Trinajstić information content (AvgIpc) is 2.28. The number of anilines is 1. The van der Waals surface area contributed by atoms with Crippen LogP contribution < -0.4 is 11.1 Å². The fourth-order valence-electron chi connectivity index (χ4n) is 2.16. The normalized spacial score (nSPS) is 20.8. The van der Waals surface area contributed by atoms with E-state index in [-0.39, 0.29) is 24.4 Å². The molecule has 1 aliphatic heterocycles. The van der Waals surface area contributed by atoms with Crippen LogP contribution in [0.4, 0.5) is 5.82 Å². The maximum absolute atomic E-state index is 11.7. The number of nitrogens with zero attached hydrogens (tertiary/aromatic N) is 2. The van der Waals surface area contributed by atoms with E-state index in [9.17, 15) is 9.59 Å². The van der Waals surface area contributed by atoms with Crippen LogP contribution in [0.1, 0.15) is 18.9 Å². The SMILES string of the molecule is CCC1C(=O)NC(=O)CN1Cc1ccnc(N)c1. The van der Waals surface area contributed by atoms with E-state index in [0.29, 0.717) is 18.8 Å². The molecule has 1 saturated heterocycles. The number of nitrogen functional groups attached to an aromatic ring is 1. The van der Waals surface area contributed by atoms with Gasteiger partial charge in [-0.2, -0.15) is 0 Å². The van der Waals surface area contributed by atoms with Crippen LogP contribution in [0.2, 0.25) is 0 Å². The van der Waals surface area contributed by atoms with E-state index in [0.717, 1.165) is 5.56 Å². The van der Waals surface area contributed by atoms with Crippen molar-refractivity contribution in [2.45, 2.75) is 25.9 Å². The topological polar surface area (TPSA) is 88.3 Å². The number of imide groups is 1. The number of nitrogens with two attached hydrogens (primary N) is 1. The molecular formula is C12H16N4O2. The lowest BCUT2D eigenvalue weighted by atomic mass is 10.1. The Morgan fingerprint density at radius 1 is 1.56 bits per heavy atom. The number of hydrogen-bond donors (Lipinski definition) is 2. The molecule has 2 rings (SSSR count). The van der Waals surface area contributed by atoms with Gasteiger partial charge in [-0.05, 0) is 24.1 Å². The molecule has 6 nitrogen and oxygen atoms in total. The van der Waals surface area contributed by atoms with Gasteiger partial charge in [0.1, 0.15) is 5.82 Å². The van der Waals surface area contributed by atoms with Gasteiger partial charge < -0.3 is 5.73 Å². The Hall–Kier alpha value is -1.95. The molecule has 0 spiro atoms. The van der Waals surface area contributed by atoms with Gasteiger partial charge in [0, 0.05) is 12.7 Å². The minimum absolute atomic E-state index is 0.226. The first kappa shape index (κ1) is 12.5. The highest BCUT2D eigenvalue weighted by molar-refractivity contribution is 6.01. The van der Waals surface area contributed by atoms with Gasteiger partial charge in [0.15, 0.2) is 0 Å². The third kappa shape index (κ3) is 2.65. The summed E-state index contributed by atoms with van der Waals surface area (Å²) >= 11 is 0. The summed E-state index contributed by atoms with van der Waals surface area (Å²) in [4.78, 5) is 28.9. The molecule has 1 aliphatic rings. The van der Waals surface area contributed by atoms with Crippen molar-refractivity contribution in [2.75, 3.05) is 12.3 Å². The van der Waals surface area contributed by atoms with Gasteiger partial charge in [-0.1, -0.05) is 6.92 Å². The number of rotatable bonds is 3. The van der Waals surface area contributed by atoms with E-state index >= 15 is 0 Å². The van der Waals surface area contributed by atoms with E-state index in [1.165, 1.54) is 0 Å². The largest absolute Gasteiger partial charge is 0.384 e. The molecular weight excluding hydrogens is 232 g/mol. The molecule has 6 heteroatoms. The molecule has 0 aromatic carbocycles. The first-order chi connectivity index (χ1) is 8.60. The van der Waals surface area contributed by atoms with Crippen LogP contribution in [0, 0.1) is 0 Å². The van der Waals surface area contributed by atoms with Crippen molar-refractivity contribution >= 4 is 17.6 Å². The zero-order valence-corrected chi connectivity index (χ0v) is 10.2. The number of amides is 2. The number of pyridine rings is 1. The van der Waals surface area contributed by atoms with Crippen molar-refractivity contribution in [3.05, 3.63) is 23.9 Å². The van der Waals surface area contributed by atoms with Gasteiger partial charge in [0.05, 0.1) is 12.6 Å². The lowest BCUT2D eigenvalue weighted by molar-refractivity contribution is -0.140. The molecule has 0 saturated carbocycles. The van der Waals surface area contributed by atoms with Crippen molar-refractivity contribution in [2.24, 2.45) is 0 Å². The smallest absolute Gasteiger partial charge is 0.243 e. The summed E-state index contributed by atoms with van der Waals surface area (Å²) in [6.45, 7) is 2.67. The molecule has 3 N–H and O–H groups in total. The molecule has 0 aliphatic carbocycles. The van der Waals surface area contributed by atoms with E-state index in [2.05, 4.69) is 10.3 Å². The van der Waals surface area contributed by atoms with Crippen LogP contribution in [0.5, 0.6) is 0 Å². The van der Waals surface area contributed by atoms with E-state index in [1.807, 2.05) is 17.9 Å². The third-order valence-corrected chi connectivity index (χ3v) is 2.97. The Bertz CT molecular complexity index is 475. The minimum atomic E-state index is -0.267. The van der Waals surface area contributed by atoms with Crippen LogP contribution in [0.25, 0.3) is 0 Å². The number of carbonyl (C=O) groups is 2. The average molecular weight is 248 g/mol. The lowest BCUT2D eigenvalue weighted by Crippen LogP contribution is -2.57. The number of piperazine rings is 1. The van der Waals surface area contributed by atoms with Gasteiger partial charge in [-0.25, -0.2) is 4.98 Å². The monoisotopic (exact) mass is 248 g/mol. The zero-order valence-electron chi connectivity index (χ0n) is 10.2. The highest BCUT2D eigenvalue weighted by atomic mass is 16.2. The molecule has 1 aromatic rings. The second-order valence-electron chi connectivity index (χ2n) is 4.33. The predicted molar refractivity (Wildman–Crippen MR) is 66.3 cm³/mol. The van der Waals surface area contributed by atoms with Gasteiger partial charge >= 0.3 is 0 Å². The Balaban J connectivity index is 2.15. The summed E-state index contributed by atoms with van der Waals surface area (Å²) in [6.07, 6.45) is 2.29. The fourth-order valence-corrected chi connectivity index (χ4v) is 2.16. The summed E-state index contributed by atoms with van der Waals surface area (Å²) in [5.41, 5.74) is 6.56. The maximum atomic E-state index is 11.7. The molecule has 1 fully saturated rings. The van der Waals surface area contributed by atoms with Crippen LogP contribution in [0.3, 0.4) is 0 Å². The molecule has 0 radical (unpaired) electrons. The van der Waals surface area contributed by atoms with Gasteiger partial charge in [0.2, 0.25) is 11.8 Å². The Labute approximate surface area is 105 Å². The van der Waals surface area contributed by atoms with Crippen molar-refractivity contribution < 1.29 is 9.59 Å². The summed E-state index contributed by atoms with van der Waals surface area (Å²) in [7, 11) is 0. The van der Waals surface area contributed by atoms with Crippen molar-refractivity contribution in [1.82, 2.24) is 15.2 Å². The third-order valence-electron chi connectivity index (χ3n) is 2.97. The van der Waals surface area contributed by atoms with Gasteiger partial charge in [-0.3, -0.25) is 19.8 Å². The van der Waals surface area contributed by atoms with Crippen LogP contribution in [-0.2, 0) is 16.1 Å². The number of nitrogens with one attached hydrogen (secondary N) is 1. The Kier molecular flexibility index (Phi) is 3.57. The maximum Gasteiger partial charge on any atom is 0.243 e. The van der Waals surface area contributed by atoms with E-state index in [4.69, 9.17) is 5.73 Å². The van der Waals surface area contributed by atoms with Crippen molar-refractivity contribution in [3.8, 4) is 0 Å². The molecule has 2 heterocycles. The second-order valence-corrected chi connectivity index (χ2v) is 4.33.